The molecule has 0 aromatic heterocycles. The number of nitrogens with zero attached hydrogens (tertiary/aromatic N) is 3. The van der Waals surface area contributed by atoms with Crippen LogP contribution in [0.3, 0.4) is 0 Å². The molecule has 0 rings (SSSR count). The quantitative estimate of drug-likeness (QED) is 0.213. The molecule has 0 heterocycles. The first-order valence-corrected chi connectivity index (χ1v) is 1.50. The highest BCUT2D eigenvalue weighted by Crippen LogP contribution is 2.11. The van der Waals surface area contributed by atoms with Gasteiger partial charge in [0.25, 0.3) is 0 Å². The second-order valence-corrected chi connectivity index (χ2v) is 1.03. The van der Waals surface area contributed by atoms with E-state index in [4.69, 9.17) is 5.53 Å². The van der Waals surface area contributed by atoms with Gasteiger partial charge in [-0.2, -0.15) is 0 Å². The first-order valence-electron chi connectivity index (χ1n) is 1.50. The predicted molar refractivity (Wildman–Crippen MR) is 19.8 cm³/mol. The Balaban J connectivity index is 3.80. The van der Waals surface area contributed by atoms with Gasteiger partial charge in [0.2, 0.25) is 0 Å². The second-order valence-electron chi connectivity index (χ2n) is 1.03. The largest absolute Gasteiger partial charge is 0.323 e. The van der Waals surface area contributed by atoms with Crippen molar-refractivity contribution >= 4 is 0 Å². The van der Waals surface area contributed by atoms with Gasteiger partial charge < -0.3 is 0 Å². The lowest BCUT2D eigenvalue weighted by Crippen LogP contribution is -2.01. The Labute approximate surface area is 38.6 Å². The first-order chi connectivity index (χ1) is 3.06. The van der Waals surface area contributed by atoms with Crippen LogP contribution in [0.1, 0.15) is 6.92 Å². The lowest BCUT2D eigenvalue weighted by Gasteiger charge is -1.95. The molecule has 0 aliphatic carbocycles. The number of alkyl halides is 2. The predicted octanol–water partition coefficient (Wildman–Crippen LogP) is 1.91. The summed E-state index contributed by atoms with van der Waals surface area (Å²) in [5.41, 5.74) is 7.38. The van der Waals surface area contributed by atoms with Crippen molar-refractivity contribution < 1.29 is 8.78 Å². The monoisotopic (exact) mass is 107 g/mol. The Kier molecular flexibility index (Phi) is 1.54. The molecule has 7 heavy (non-hydrogen) atoms. The van der Waals surface area contributed by atoms with Gasteiger partial charge in [-0.3, -0.25) is 0 Å². The fraction of sp³-hybridized carbons (Fsp3) is 1.00. The zero-order chi connectivity index (χ0) is 5.91. The Bertz CT molecular complexity index is 98.0. The third-order valence-electron chi connectivity index (χ3n) is 0.220. The minimum Gasteiger partial charge on any atom is -0.201 e. The highest BCUT2D eigenvalue weighted by Gasteiger charge is 2.16. The molecule has 3 nitrogen and oxygen atoms in total. The van der Waals surface area contributed by atoms with E-state index < -0.39 is 6.05 Å². The molecular weight excluding hydrogens is 104 g/mol. The maximum atomic E-state index is 11.3. The van der Waals surface area contributed by atoms with E-state index in [2.05, 4.69) is 5.11 Å². The van der Waals surface area contributed by atoms with Crippen molar-refractivity contribution in [1.29, 1.82) is 0 Å². The average Bonchev–Trinajstić information content (AvgIpc) is 1.30. The van der Waals surface area contributed by atoms with Crippen molar-refractivity contribution in [3.05, 3.63) is 10.4 Å². The summed E-state index contributed by atoms with van der Waals surface area (Å²) >= 11 is 0. The summed E-state index contributed by atoms with van der Waals surface area (Å²) in [7, 11) is 0. The fourth-order valence-corrected chi connectivity index (χ4v) is 0.0785. The standard InChI is InChI=1S/C2H3F2N3/c1-2(3,4)6-7-5/h1H3. The number of rotatable bonds is 1. The first kappa shape index (κ1) is 6.17. The van der Waals surface area contributed by atoms with Gasteiger partial charge in [-0.15, -0.1) is 0 Å². The van der Waals surface area contributed by atoms with Gasteiger partial charge in [-0.25, -0.2) is 8.78 Å². The van der Waals surface area contributed by atoms with E-state index in [1.807, 2.05) is 4.91 Å². The van der Waals surface area contributed by atoms with E-state index >= 15 is 0 Å². The number of azide groups is 1. The number of hydrogen-bond donors (Lipinski definition) is 0. The van der Waals surface area contributed by atoms with Crippen LogP contribution >= 0.6 is 0 Å². The van der Waals surface area contributed by atoms with Crippen LogP contribution in [0.25, 0.3) is 10.4 Å². The second kappa shape index (κ2) is 1.75. The molecule has 5 heteroatoms. The summed E-state index contributed by atoms with van der Waals surface area (Å²) in [6.45, 7) is 0.521. The van der Waals surface area contributed by atoms with Gasteiger partial charge in [-0.05, 0) is 10.6 Å². The van der Waals surface area contributed by atoms with Crippen LogP contribution in [-0.4, -0.2) is 6.05 Å². The smallest absolute Gasteiger partial charge is 0.201 e. The van der Waals surface area contributed by atoms with Crippen molar-refractivity contribution in [2.45, 2.75) is 13.0 Å². The minimum atomic E-state index is -3.24. The van der Waals surface area contributed by atoms with Crippen LogP contribution in [0.15, 0.2) is 5.11 Å². The van der Waals surface area contributed by atoms with Crippen molar-refractivity contribution in [3.63, 3.8) is 0 Å². The Hall–Kier alpha value is -0.830. The van der Waals surface area contributed by atoms with E-state index in [0.29, 0.717) is 6.92 Å². The molecule has 40 valence electrons. The van der Waals surface area contributed by atoms with Crippen molar-refractivity contribution in [2.24, 2.45) is 5.11 Å². The van der Waals surface area contributed by atoms with Crippen LogP contribution in [0.4, 0.5) is 8.78 Å². The molecule has 0 amide bonds. The Morgan fingerprint density at radius 3 is 2.14 bits per heavy atom. The van der Waals surface area contributed by atoms with Gasteiger partial charge in [0, 0.05) is 11.8 Å². The van der Waals surface area contributed by atoms with Crippen LogP contribution < -0.4 is 0 Å². The van der Waals surface area contributed by atoms with Gasteiger partial charge in [0.15, 0.2) is 0 Å². The SMILES string of the molecule is CC(F)(F)N=[N+]=[N-]. The fourth-order valence-electron chi connectivity index (χ4n) is 0.0785. The lowest BCUT2D eigenvalue weighted by molar-refractivity contribution is 0.0300. The number of halogens is 2. The number of hydrogen-bond acceptors (Lipinski definition) is 1. The molecule has 0 unspecified atom stereocenters. The molecular formula is C2H3F2N3. The van der Waals surface area contributed by atoms with Gasteiger partial charge >= 0.3 is 6.05 Å². The van der Waals surface area contributed by atoms with Crippen molar-refractivity contribution in [3.8, 4) is 0 Å². The van der Waals surface area contributed by atoms with E-state index in [-0.39, 0.29) is 0 Å². The summed E-state index contributed by atoms with van der Waals surface area (Å²) in [6.07, 6.45) is 0. The highest BCUT2D eigenvalue weighted by atomic mass is 19.3. The normalized spacial score (nSPS) is 10.1. The van der Waals surface area contributed by atoms with Crippen molar-refractivity contribution in [2.75, 3.05) is 0 Å². The summed E-state index contributed by atoms with van der Waals surface area (Å²) in [4.78, 5) is 1.88. The van der Waals surface area contributed by atoms with Crippen LogP contribution in [-0.2, 0) is 0 Å². The maximum absolute atomic E-state index is 11.3. The molecule has 0 fully saturated rings. The summed E-state index contributed by atoms with van der Waals surface area (Å²) < 4.78 is 22.6. The molecule has 0 aromatic rings. The van der Waals surface area contributed by atoms with Crippen LogP contribution in [0.2, 0.25) is 0 Å². The molecule has 0 aliphatic rings. The zero-order valence-electron chi connectivity index (χ0n) is 3.60. The van der Waals surface area contributed by atoms with E-state index in [1.165, 1.54) is 0 Å². The maximum Gasteiger partial charge on any atom is 0.323 e. The van der Waals surface area contributed by atoms with Gasteiger partial charge in [-0.1, -0.05) is 0 Å². The molecule has 0 atom stereocenters. The molecule has 0 radical (unpaired) electrons. The summed E-state index contributed by atoms with van der Waals surface area (Å²) in [5, 5.41) is 2.10. The average molecular weight is 107 g/mol. The summed E-state index contributed by atoms with van der Waals surface area (Å²) in [6, 6.07) is -3.24. The third kappa shape index (κ3) is 5.17. The van der Waals surface area contributed by atoms with E-state index in [9.17, 15) is 8.78 Å². The highest BCUT2D eigenvalue weighted by molar-refractivity contribution is 4.52. The lowest BCUT2D eigenvalue weighted by atomic mass is 10.7. The van der Waals surface area contributed by atoms with Crippen LogP contribution in [0.5, 0.6) is 0 Å². The summed E-state index contributed by atoms with van der Waals surface area (Å²) in [5.74, 6) is 0. The zero-order valence-corrected chi connectivity index (χ0v) is 3.60. The Morgan fingerprint density at radius 2 is 2.14 bits per heavy atom. The molecule has 0 bridgehead atoms. The molecule has 0 aliphatic heterocycles. The van der Waals surface area contributed by atoms with Crippen LogP contribution in [0, 0.1) is 0 Å². The Morgan fingerprint density at radius 1 is 1.71 bits per heavy atom. The molecule has 0 saturated carbocycles. The molecule has 0 saturated heterocycles. The molecule has 0 N–H and O–H groups in total. The molecule has 0 spiro atoms. The minimum absolute atomic E-state index is 0.521. The van der Waals surface area contributed by atoms with Gasteiger partial charge in [0.1, 0.15) is 0 Å². The van der Waals surface area contributed by atoms with Gasteiger partial charge in [0.05, 0.1) is 0 Å². The third-order valence-corrected chi connectivity index (χ3v) is 0.220. The topological polar surface area (TPSA) is 48.8 Å². The molecule has 0 aromatic carbocycles. The van der Waals surface area contributed by atoms with E-state index in [0.717, 1.165) is 0 Å². The van der Waals surface area contributed by atoms with Crippen molar-refractivity contribution in [1.82, 2.24) is 0 Å². The van der Waals surface area contributed by atoms with E-state index in [1.54, 1.807) is 0 Å².